The molecule has 1 aromatic heterocycles. The smallest absolute Gasteiger partial charge is 0.125 e. The maximum Gasteiger partial charge on any atom is 0.125 e. The molecule has 0 atom stereocenters. The second-order valence-electron chi connectivity index (χ2n) is 3.45. The fourth-order valence-corrected chi connectivity index (χ4v) is 2.71. The highest BCUT2D eigenvalue weighted by atomic mass is 79.9. The molecule has 0 aliphatic carbocycles. The Morgan fingerprint density at radius 1 is 1.17 bits per heavy atom. The molecule has 1 aromatic carbocycles. The van der Waals surface area contributed by atoms with Crippen molar-refractivity contribution in [2.24, 2.45) is 0 Å². The van der Waals surface area contributed by atoms with Gasteiger partial charge in [0.25, 0.3) is 0 Å². The fraction of sp³-hybridized carbons (Fsp3) is 0. The van der Waals surface area contributed by atoms with Crippen molar-refractivity contribution in [2.75, 3.05) is 11.1 Å². The van der Waals surface area contributed by atoms with Crippen molar-refractivity contribution in [1.29, 1.82) is 0 Å². The number of hydrogen-bond acceptors (Lipinski definition) is 3. The molecule has 0 unspecified atom stereocenters. The number of nitrogens with two attached hydrogens (primary N) is 1. The molecule has 2 aromatic rings. The van der Waals surface area contributed by atoms with Crippen LogP contribution in [0.5, 0.6) is 0 Å². The number of halogens is 4. The van der Waals surface area contributed by atoms with E-state index in [4.69, 9.17) is 17.3 Å². The number of rotatable bonds is 2. The Balaban J connectivity index is 2.47. The Bertz CT molecular complexity index is 564. The summed E-state index contributed by atoms with van der Waals surface area (Å²) in [5.41, 5.74) is 7.43. The SMILES string of the molecule is Nc1cncc(Br)c1Nc1c(Cl)cc(F)cc1Br. The van der Waals surface area contributed by atoms with Gasteiger partial charge in [0.05, 0.1) is 32.8 Å². The van der Waals surface area contributed by atoms with Crippen molar-refractivity contribution in [1.82, 2.24) is 4.98 Å². The maximum absolute atomic E-state index is 13.1. The molecule has 0 aliphatic heterocycles. The first-order valence-corrected chi connectivity index (χ1v) is 6.76. The largest absolute Gasteiger partial charge is 0.396 e. The molecular weight excluding hydrogens is 388 g/mol. The lowest BCUT2D eigenvalue weighted by Crippen LogP contribution is -1.99. The topological polar surface area (TPSA) is 50.9 Å². The van der Waals surface area contributed by atoms with Gasteiger partial charge in [0.2, 0.25) is 0 Å². The molecule has 0 saturated heterocycles. The molecule has 3 nitrogen and oxygen atoms in total. The van der Waals surface area contributed by atoms with E-state index < -0.39 is 5.82 Å². The summed E-state index contributed by atoms with van der Waals surface area (Å²) in [5, 5.41) is 3.30. The van der Waals surface area contributed by atoms with Crippen LogP contribution >= 0.6 is 43.5 Å². The van der Waals surface area contributed by atoms with Gasteiger partial charge in [0.1, 0.15) is 5.82 Å². The first kappa shape index (κ1) is 13.6. The molecule has 0 radical (unpaired) electrons. The average Bonchev–Trinajstić information content (AvgIpc) is 2.26. The van der Waals surface area contributed by atoms with Crippen molar-refractivity contribution in [3.8, 4) is 0 Å². The van der Waals surface area contributed by atoms with E-state index in [9.17, 15) is 4.39 Å². The van der Waals surface area contributed by atoms with Gasteiger partial charge < -0.3 is 11.1 Å². The van der Waals surface area contributed by atoms with E-state index in [0.717, 1.165) is 0 Å². The first-order valence-electron chi connectivity index (χ1n) is 4.79. The zero-order chi connectivity index (χ0) is 13.3. The van der Waals surface area contributed by atoms with E-state index in [1.54, 1.807) is 6.20 Å². The molecule has 0 aliphatic rings. The van der Waals surface area contributed by atoms with Gasteiger partial charge in [-0.25, -0.2) is 4.39 Å². The normalized spacial score (nSPS) is 10.4. The van der Waals surface area contributed by atoms with Gasteiger partial charge in [-0.2, -0.15) is 0 Å². The van der Waals surface area contributed by atoms with Crippen LogP contribution in [0.2, 0.25) is 5.02 Å². The molecule has 7 heteroatoms. The lowest BCUT2D eigenvalue weighted by atomic mass is 10.2. The standard InChI is InChI=1S/C11H7Br2ClFN3/c12-6-1-5(15)2-8(14)10(6)18-11-7(13)3-17-4-9(11)16/h1-4H,16H2,(H,17,18). The van der Waals surface area contributed by atoms with Crippen LogP contribution in [0.1, 0.15) is 0 Å². The van der Waals surface area contributed by atoms with Crippen molar-refractivity contribution >= 4 is 60.5 Å². The van der Waals surface area contributed by atoms with Crippen LogP contribution in [-0.2, 0) is 0 Å². The Morgan fingerprint density at radius 2 is 1.89 bits per heavy atom. The Hall–Kier alpha value is -0.850. The third-order valence-corrected chi connectivity index (χ3v) is 3.71. The number of nitrogens with one attached hydrogen (secondary N) is 1. The summed E-state index contributed by atoms with van der Waals surface area (Å²) >= 11 is 12.6. The van der Waals surface area contributed by atoms with Crippen molar-refractivity contribution in [3.63, 3.8) is 0 Å². The van der Waals surface area contributed by atoms with Crippen molar-refractivity contribution in [2.45, 2.75) is 0 Å². The van der Waals surface area contributed by atoms with Gasteiger partial charge in [-0.3, -0.25) is 4.98 Å². The van der Waals surface area contributed by atoms with Crippen LogP contribution in [0, 0.1) is 5.82 Å². The van der Waals surface area contributed by atoms with Crippen LogP contribution in [0.25, 0.3) is 0 Å². The summed E-state index contributed by atoms with van der Waals surface area (Å²) in [6, 6.07) is 2.54. The number of pyridine rings is 1. The summed E-state index contributed by atoms with van der Waals surface area (Å²) < 4.78 is 14.3. The van der Waals surface area contributed by atoms with Crippen LogP contribution in [0.3, 0.4) is 0 Å². The molecule has 2 rings (SSSR count). The first-order chi connectivity index (χ1) is 8.49. The minimum absolute atomic E-state index is 0.255. The second kappa shape index (κ2) is 5.42. The Labute approximate surface area is 125 Å². The lowest BCUT2D eigenvalue weighted by Gasteiger charge is -2.13. The molecule has 3 N–H and O–H groups in total. The molecule has 1 heterocycles. The third-order valence-electron chi connectivity index (χ3n) is 2.19. The van der Waals surface area contributed by atoms with Crippen molar-refractivity contribution in [3.05, 3.63) is 44.3 Å². The highest BCUT2D eigenvalue weighted by Gasteiger charge is 2.12. The summed E-state index contributed by atoms with van der Waals surface area (Å²) in [5.74, 6) is -0.417. The van der Waals surface area contributed by atoms with E-state index >= 15 is 0 Å². The molecular formula is C11H7Br2ClFN3. The Morgan fingerprint density at radius 3 is 2.50 bits per heavy atom. The van der Waals surface area contributed by atoms with E-state index in [-0.39, 0.29) is 5.02 Å². The number of benzene rings is 1. The maximum atomic E-state index is 13.1. The highest BCUT2D eigenvalue weighted by Crippen LogP contribution is 2.37. The van der Waals surface area contributed by atoms with Gasteiger partial charge in [-0.15, -0.1) is 0 Å². The van der Waals surface area contributed by atoms with Gasteiger partial charge in [0, 0.05) is 10.7 Å². The number of hydrogen-bond donors (Lipinski definition) is 2. The van der Waals surface area contributed by atoms with E-state index in [1.165, 1.54) is 18.3 Å². The van der Waals surface area contributed by atoms with Crippen LogP contribution in [0.4, 0.5) is 21.5 Å². The lowest BCUT2D eigenvalue weighted by molar-refractivity contribution is 0.627. The van der Waals surface area contributed by atoms with E-state index in [2.05, 4.69) is 42.2 Å². The zero-order valence-corrected chi connectivity index (χ0v) is 12.8. The van der Waals surface area contributed by atoms with Crippen LogP contribution < -0.4 is 11.1 Å². The number of aromatic nitrogens is 1. The van der Waals surface area contributed by atoms with Gasteiger partial charge in [-0.1, -0.05) is 11.6 Å². The van der Waals surface area contributed by atoms with Gasteiger partial charge in [0.15, 0.2) is 0 Å². The van der Waals surface area contributed by atoms with Crippen molar-refractivity contribution < 1.29 is 4.39 Å². The molecule has 0 bridgehead atoms. The predicted molar refractivity (Wildman–Crippen MR) is 78.7 cm³/mol. The average molecular weight is 395 g/mol. The molecule has 0 saturated carbocycles. The number of nitrogen functional groups attached to an aromatic ring is 1. The van der Waals surface area contributed by atoms with Crippen LogP contribution in [-0.4, -0.2) is 4.98 Å². The third kappa shape index (κ3) is 2.76. The van der Waals surface area contributed by atoms with E-state index in [1.807, 2.05) is 0 Å². The minimum Gasteiger partial charge on any atom is -0.396 e. The Kier molecular flexibility index (Phi) is 4.09. The molecule has 18 heavy (non-hydrogen) atoms. The van der Waals surface area contributed by atoms with Crippen LogP contribution in [0.15, 0.2) is 33.5 Å². The summed E-state index contributed by atoms with van der Waals surface area (Å²) in [6.07, 6.45) is 3.11. The van der Waals surface area contributed by atoms with Gasteiger partial charge >= 0.3 is 0 Å². The highest BCUT2D eigenvalue weighted by molar-refractivity contribution is 9.11. The molecule has 0 fully saturated rings. The number of nitrogens with zero attached hydrogens (tertiary/aromatic N) is 1. The predicted octanol–water partition coefficient (Wildman–Crippen LogP) is 4.72. The molecule has 0 amide bonds. The molecule has 0 spiro atoms. The zero-order valence-electron chi connectivity index (χ0n) is 8.85. The quantitative estimate of drug-likeness (QED) is 0.773. The fourth-order valence-electron chi connectivity index (χ4n) is 1.37. The molecule has 94 valence electrons. The summed E-state index contributed by atoms with van der Waals surface area (Å²) in [4.78, 5) is 3.93. The monoisotopic (exact) mass is 393 g/mol. The summed E-state index contributed by atoms with van der Waals surface area (Å²) in [7, 11) is 0. The second-order valence-corrected chi connectivity index (χ2v) is 5.57. The minimum atomic E-state index is -0.417. The summed E-state index contributed by atoms with van der Waals surface area (Å²) in [6.45, 7) is 0. The van der Waals surface area contributed by atoms with Gasteiger partial charge in [-0.05, 0) is 44.0 Å². The number of anilines is 3. The van der Waals surface area contributed by atoms with E-state index in [0.29, 0.717) is 26.0 Å².